The van der Waals surface area contributed by atoms with E-state index in [1.165, 1.54) is 38.5 Å². The molecule has 0 saturated carbocycles. The highest BCUT2D eigenvalue weighted by Crippen LogP contribution is 2.30. The minimum absolute atomic E-state index is 0.114. The number of amides is 1. The number of aromatic carboxylic acids is 1. The predicted molar refractivity (Wildman–Crippen MR) is 110 cm³/mol. The molecule has 1 amide bonds. The van der Waals surface area contributed by atoms with E-state index >= 15 is 0 Å². The fraction of sp³-hybridized carbons (Fsp3) is 0.545. The molecular formula is C22H32N2O3. The molecule has 148 valence electrons. The lowest BCUT2D eigenvalue weighted by Crippen LogP contribution is -2.15. The molecule has 2 N–H and O–H groups in total. The van der Waals surface area contributed by atoms with Crippen LogP contribution in [0.5, 0.6) is 0 Å². The van der Waals surface area contributed by atoms with Crippen molar-refractivity contribution < 1.29 is 14.7 Å². The van der Waals surface area contributed by atoms with Crippen molar-refractivity contribution in [3.05, 3.63) is 30.0 Å². The number of hydrogen-bond acceptors (Lipinski definition) is 2. The number of rotatable bonds is 12. The van der Waals surface area contributed by atoms with Crippen molar-refractivity contribution in [2.24, 2.45) is 7.05 Å². The van der Waals surface area contributed by atoms with Gasteiger partial charge in [0.15, 0.2) is 5.69 Å². The van der Waals surface area contributed by atoms with Crippen LogP contribution in [-0.4, -0.2) is 21.6 Å². The average Bonchev–Trinajstić information content (AvgIpc) is 2.93. The minimum atomic E-state index is -1.04. The highest BCUT2D eigenvalue weighted by atomic mass is 16.4. The van der Waals surface area contributed by atoms with Crippen molar-refractivity contribution >= 4 is 28.5 Å². The molecule has 0 atom stereocenters. The van der Waals surface area contributed by atoms with Gasteiger partial charge in [-0.25, -0.2) is 4.79 Å². The van der Waals surface area contributed by atoms with Gasteiger partial charge in [-0.1, -0.05) is 76.5 Å². The molecule has 2 aromatic rings. The Hall–Kier alpha value is -2.30. The number of carbonyl (C=O) groups is 2. The van der Waals surface area contributed by atoms with Gasteiger partial charge in [0, 0.05) is 18.9 Å². The summed E-state index contributed by atoms with van der Waals surface area (Å²) in [5, 5.41) is 13.1. The van der Waals surface area contributed by atoms with Crippen molar-refractivity contribution in [3.63, 3.8) is 0 Å². The number of anilines is 1. The number of unbranched alkanes of at least 4 members (excludes halogenated alkanes) is 8. The van der Waals surface area contributed by atoms with Crippen molar-refractivity contribution in [2.75, 3.05) is 5.32 Å². The number of benzene rings is 1. The van der Waals surface area contributed by atoms with Crippen LogP contribution in [0, 0.1) is 0 Å². The average molecular weight is 373 g/mol. The summed E-state index contributed by atoms with van der Waals surface area (Å²) in [5.41, 5.74) is 1.33. The maximum Gasteiger partial charge on any atom is 0.354 e. The summed E-state index contributed by atoms with van der Waals surface area (Å²) in [4.78, 5) is 24.0. The van der Waals surface area contributed by atoms with Crippen LogP contribution in [0.3, 0.4) is 0 Å². The number of aryl methyl sites for hydroxylation is 1. The summed E-state index contributed by atoms with van der Waals surface area (Å²) in [6.07, 6.45) is 11.2. The second-order valence-corrected chi connectivity index (χ2v) is 7.23. The molecule has 0 radical (unpaired) electrons. The number of aromatic nitrogens is 1. The minimum Gasteiger partial charge on any atom is -0.477 e. The van der Waals surface area contributed by atoms with Crippen molar-refractivity contribution in [3.8, 4) is 0 Å². The Bertz CT molecular complexity index is 764. The zero-order chi connectivity index (χ0) is 19.6. The largest absolute Gasteiger partial charge is 0.477 e. The molecule has 1 aromatic heterocycles. The van der Waals surface area contributed by atoms with E-state index in [1.807, 2.05) is 24.3 Å². The topological polar surface area (TPSA) is 71.3 Å². The summed E-state index contributed by atoms with van der Waals surface area (Å²) in [5.74, 6) is -1.15. The van der Waals surface area contributed by atoms with E-state index in [0.29, 0.717) is 12.1 Å². The number of nitrogens with one attached hydrogen (secondary N) is 1. The molecule has 27 heavy (non-hydrogen) atoms. The quantitative estimate of drug-likeness (QED) is 0.467. The third-order valence-electron chi connectivity index (χ3n) is 5.08. The standard InChI is InChI=1S/C22H32N2O3/c1-3-4-5-6-7-8-9-10-11-16-19(25)23-20-17-14-12-13-15-18(17)24(2)21(20)22(26)27/h12-15H,3-11,16H2,1-2H3,(H,23,25)(H,26,27). The molecule has 0 saturated heterocycles. The van der Waals surface area contributed by atoms with E-state index < -0.39 is 5.97 Å². The Morgan fingerprint density at radius 2 is 1.56 bits per heavy atom. The van der Waals surface area contributed by atoms with E-state index in [1.54, 1.807) is 11.6 Å². The Morgan fingerprint density at radius 1 is 0.963 bits per heavy atom. The number of carboxylic acids is 1. The Balaban J connectivity index is 1.82. The number of carbonyl (C=O) groups excluding carboxylic acids is 1. The highest BCUT2D eigenvalue weighted by Gasteiger charge is 2.21. The molecular weight excluding hydrogens is 340 g/mol. The first-order valence-electron chi connectivity index (χ1n) is 10.2. The molecule has 1 heterocycles. The van der Waals surface area contributed by atoms with Gasteiger partial charge in [-0.15, -0.1) is 0 Å². The van der Waals surface area contributed by atoms with Gasteiger partial charge in [-0.05, 0) is 12.5 Å². The highest BCUT2D eigenvalue weighted by molar-refractivity contribution is 6.11. The lowest BCUT2D eigenvalue weighted by atomic mass is 10.1. The first kappa shape index (κ1) is 21.0. The number of para-hydroxylation sites is 1. The van der Waals surface area contributed by atoms with E-state index in [9.17, 15) is 14.7 Å². The zero-order valence-corrected chi connectivity index (χ0v) is 16.6. The van der Waals surface area contributed by atoms with Crippen molar-refractivity contribution in [2.45, 2.75) is 71.1 Å². The summed E-state index contributed by atoms with van der Waals surface area (Å²) in [6.45, 7) is 2.22. The van der Waals surface area contributed by atoms with Gasteiger partial charge in [-0.3, -0.25) is 4.79 Å². The number of fused-ring (bicyclic) bond motifs is 1. The van der Waals surface area contributed by atoms with Crippen LogP contribution in [0.15, 0.2) is 24.3 Å². The van der Waals surface area contributed by atoms with Crippen LogP contribution in [0.4, 0.5) is 5.69 Å². The molecule has 5 heteroatoms. The summed E-state index contributed by atoms with van der Waals surface area (Å²) in [7, 11) is 1.71. The van der Waals surface area contributed by atoms with Crippen molar-refractivity contribution in [1.82, 2.24) is 4.57 Å². The van der Waals surface area contributed by atoms with E-state index in [-0.39, 0.29) is 11.6 Å². The molecule has 1 aromatic carbocycles. The first-order chi connectivity index (χ1) is 13.1. The molecule has 0 aliphatic heterocycles. The normalized spacial score (nSPS) is 11.0. The second-order valence-electron chi connectivity index (χ2n) is 7.23. The van der Waals surface area contributed by atoms with Gasteiger partial charge in [0.2, 0.25) is 5.91 Å². The zero-order valence-electron chi connectivity index (χ0n) is 16.6. The van der Waals surface area contributed by atoms with Crippen LogP contribution in [0.1, 0.15) is 81.6 Å². The fourth-order valence-electron chi connectivity index (χ4n) is 3.57. The Labute approximate surface area is 161 Å². The van der Waals surface area contributed by atoms with Crippen molar-refractivity contribution in [1.29, 1.82) is 0 Å². The molecule has 5 nitrogen and oxygen atoms in total. The van der Waals surface area contributed by atoms with Crippen LogP contribution >= 0.6 is 0 Å². The molecule has 2 rings (SSSR count). The second kappa shape index (κ2) is 10.8. The van der Waals surface area contributed by atoms with Crippen LogP contribution in [0.25, 0.3) is 10.9 Å². The van der Waals surface area contributed by atoms with E-state index in [4.69, 9.17) is 0 Å². The van der Waals surface area contributed by atoms with Gasteiger partial charge < -0.3 is 15.0 Å². The molecule has 0 aliphatic carbocycles. The lowest BCUT2D eigenvalue weighted by Gasteiger charge is -2.07. The molecule has 0 spiro atoms. The maximum absolute atomic E-state index is 12.3. The molecule has 0 aliphatic rings. The Kier molecular flexibility index (Phi) is 8.37. The van der Waals surface area contributed by atoms with Gasteiger partial charge in [0.1, 0.15) is 0 Å². The number of nitrogens with zero attached hydrogens (tertiary/aromatic N) is 1. The van der Waals surface area contributed by atoms with Gasteiger partial charge in [0.25, 0.3) is 0 Å². The summed E-state index contributed by atoms with van der Waals surface area (Å²) in [6, 6.07) is 7.42. The monoisotopic (exact) mass is 372 g/mol. The third kappa shape index (κ3) is 5.84. The van der Waals surface area contributed by atoms with E-state index in [2.05, 4.69) is 12.2 Å². The summed E-state index contributed by atoms with van der Waals surface area (Å²) >= 11 is 0. The van der Waals surface area contributed by atoms with Gasteiger partial charge in [-0.2, -0.15) is 0 Å². The fourth-order valence-corrected chi connectivity index (χ4v) is 3.57. The Morgan fingerprint density at radius 3 is 2.19 bits per heavy atom. The van der Waals surface area contributed by atoms with Gasteiger partial charge >= 0.3 is 5.97 Å². The van der Waals surface area contributed by atoms with Crippen LogP contribution in [0.2, 0.25) is 0 Å². The van der Waals surface area contributed by atoms with Gasteiger partial charge in [0.05, 0.1) is 11.2 Å². The molecule has 0 bridgehead atoms. The number of carboxylic acid groups (broad SMARTS) is 1. The molecule has 0 unspecified atom stereocenters. The number of hydrogen-bond donors (Lipinski definition) is 2. The third-order valence-corrected chi connectivity index (χ3v) is 5.08. The van der Waals surface area contributed by atoms with Crippen LogP contribution < -0.4 is 5.32 Å². The predicted octanol–water partition coefficient (Wildman–Crippen LogP) is 5.74. The first-order valence-corrected chi connectivity index (χ1v) is 10.2. The van der Waals surface area contributed by atoms with Crippen LogP contribution in [-0.2, 0) is 11.8 Å². The maximum atomic E-state index is 12.3. The molecule has 0 fully saturated rings. The smallest absolute Gasteiger partial charge is 0.354 e. The lowest BCUT2D eigenvalue weighted by molar-refractivity contribution is -0.116. The van der Waals surface area contributed by atoms with E-state index in [0.717, 1.165) is 30.2 Å². The summed E-state index contributed by atoms with van der Waals surface area (Å²) < 4.78 is 1.62. The SMILES string of the molecule is CCCCCCCCCCCC(=O)Nc1c(C(=O)O)n(C)c2ccccc12.